The maximum absolute atomic E-state index is 11.0. The maximum atomic E-state index is 11.0. The number of hydrogen-bond acceptors (Lipinski definition) is 5. The molecule has 2 N–H and O–H groups in total. The predicted molar refractivity (Wildman–Crippen MR) is 51.7 cm³/mol. The molecule has 80 valence electrons. The van der Waals surface area contributed by atoms with E-state index in [4.69, 9.17) is 11.0 Å². The molecule has 16 heavy (non-hydrogen) atoms. The van der Waals surface area contributed by atoms with E-state index >= 15 is 0 Å². The van der Waals surface area contributed by atoms with Crippen LogP contribution in [0.2, 0.25) is 0 Å². The van der Waals surface area contributed by atoms with E-state index in [0.717, 1.165) is 12.1 Å². The van der Waals surface area contributed by atoms with Crippen LogP contribution in [-0.2, 0) is 0 Å². The van der Waals surface area contributed by atoms with E-state index in [9.17, 15) is 19.7 Å². The second-order valence-electron chi connectivity index (χ2n) is 2.81. The van der Waals surface area contributed by atoms with Gasteiger partial charge < -0.3 is 5.73 Å². The van der Waals surface area contributed by atoms with Gasteiger partial charge in [0.1, 0.15) is 5.56 Å². The number of nitriles is 1. The van der Waals surface area contributed by atoms with Crippen LogP contribution in [0.3, 0.4) is 0 Å². The zero-order valence-corrected chi connectivity index (χ0v) is 7.84. The standard InChI is InChI=1S/C9H5N3O4/c10-3-5-1-6(4-13)8(9(11)14)7(2-5)12(15)16/h1-2,4H,(H2,11,14). The first-order valence-electron chi connectivity index (χ1n) is 3.98. The Bertz CT molecular complexity index is 530. The Labute approximate surface area is 89.2 Å². The third-order valence-electron chi connectivity index (χ3n) is 1.85. The number of aldehydes is 1. The topological polar surface area (TPSA) is 127 Å². The summed E-state index contributed by atoms with van der Waals surface area (Å²) in [6, 6.07) is 3.61. The fourth-order valence-electron chi connectivity index (χ4n) is 1.22. The lowest BCUT2D eigenvalue weighted by Gasteiger charge is -2.02. The minimum Gasteiger partial charge on any atom is -0.365 e. The van der Waals surface area contributed by atoms with Crippen LogP contribution in [-0.4, -0.2) is 17.1 Å². The number of hydrogen-bond donors (Lipinski definition) is 1. The normalized spacial score (nSPS) is 9.19. The summed E-state index contributed by atoms with van der Waals surface area (Å²) in [6.45, 7) is 0. The van der Waals surface area contributed by atoms with Gasteiger partial charge >= 0.3 is 0 Å². The molecule has 0 aliphatic rings. The van der Waals surface area contributed by atoms with Crippen LogP contribution in [0.1, 0.15) is 26.3 Å². The number of amides is 1. The Morgan fingerprint density at radius 1 is 1.56 bits per heavy atom. The fraction of sp³-hybridized carbons (Fsp3) is 0. The molecule has 7 nitrogen and oxygen atoms in total. The van der Waals surface area contributed by atoms with Crippen molar-refractivity contribution in [2.45, 2.75) is 0 Å². The number of nitro benzene ring substituents is 1. The Hall–Kier alpha value is -2.75. The highest BCUT2D eigenvalue weighted by Crippen LogP contribution is 2.23. The van der Waals surface area contributed by atoms with E-state index in [0.29, 0.717) is 0 Å². The predicted octanol–water partition coefficient (Wildman–Crippen LogP) is 0.378. The molecule has 0 aliphatic carbocycles. The molecule has 0 bridgehead atoms. The first-order valence-corrected chi connectivity index (χ1v) is 3.98. The summed E-state index contributed by atoms with van der Waals surface area (Å²) in [4.78, 5) is 31.4. The molecule has 0 heterocycles. The molecule has 0 spiro atoms. The fourth-order valence-corrected chi connectivity index (χ4v) is 1.22. The SMILES string of the molecule is N#Cc1cc(C=O)c(C(N)=O)c([N+](=O)[O-])c1. The van der Waals surface area contributed by atoms with Crippen LogP contribution >= 0.6 is 0 Å². The molecular weight excluding hydrogens is 214 g/mol. The number of nitro groups is 1. The van der Waals surface area contributed by atoms with Crippen LogP contribution in [0.15, 0.2) is 12.1 Å². The van der Waals surface area contributed by atoms with Gasteiger partial charge in [0, 0.05) is 11.6 Å². The summed E-state index contributed by atoms with van der Waals surface area (Å²) in [5.41, 5.74) is 3.45. The number of rotatable bonds is 3. The zero-order valence-electron chi connectivity index (χ0n) is 7.84. The molecule has 0 atom stereocenters. The van der Waals surface area contributed by atoms with Crippen LogP contribution in [0, 0.1) is 21.4 Å². The van der Waals surface area contributed by atoms with Gasteiger partial charge in [-0.3, -0.25) is 19.7 Å². The molecule has 1 amide bonds. The van der Waals surface area contributed by atoms with Gasteiger partial charge in [0.25, 0.3) is 11.6 Å². The molecule has 1 aromatic carbocycles. The van der Waals surface area contributed by atoms with Crippen molar-refractivity contribution in [3.63, 3.8) is 0 Å². The minimum absolute atomic E-state index is 0.0844. The summed E-state index contributed by atoms with van der Waals surface area (Å²) in [5.74, 6) is -1.08. The van der Waals surface area contributed by atoms with E-state index in [1.54, 1.807) is 6.07 Å². The van der Waals surface area contributed by atoms with Gasteiger partial charge in [0.05, 0.1) is 16.6 Å². The minimum atomic E-state index is -1.08. The molecule has 1 rings (SSSR count). The average Bonchev–Trinajstić information content (AvgIpc) is 2.26. The van der Waals surface area contributed by atoms with Crippen molar-refractivity contribution in [2.75, 3.05) is 0 Å². The van der Waals surface area contributed by atoms with Crippen molar-refractivity contribution in [2.24, 2.45) is 5.73 Å². The van der Waals surface area contributed by atoms with Crippen molar-refractivity contribution in [3.8, 4) is 6.07 Å². The molecule has 7 heteroatoms. The van der Waals surface area contributed by atoms with E-state index < -0.39 is 22.1 Å². The molecule has 0 saturated carbocycles. The van der Waals surface area contributed by atoms with Crippen molar-refractivity contribution in [1.82, 2.24) is 0 Å². The van der Waals surface area contributed by atoms with Gasteiger partial charge in [-0.2, -0.15) is 5.26 Å². The molecular formula is C9H5N3O4. The van der Waals surface area contributed by atoms with Crippen molar-refractivity contribution >= 4 is 17.9 Å². The smallest absolute Gasteiger partial charge is 0.284 e. The van der Waals surface area contributed by atoms with Crippen LogP contribution < -0.4 is 5.73 Å². The number of carbonyl (C=O) groups is 2. The number of carbonyl (C=O) groups excluding carboxylic acids is 2. The monoisotopic (exact) mass is 219 g/mol. The molecule has 0 aliphatic heterocycles. The third-order valence-corrected chi connectivity index (χ3v) is 1.85. The number of nitrogens with two attached hydrogens (primary N) is 1. The van der Waals surface area contributed by atoms with E-state index in [2.05, 4.69) is 0 Å². The van der Waals surface area contributed by atoms with Crippen LogP contribution in [0.25, 0.3) is 0 Å². The van der Waals surface area contributed by atoms with Crippen LogP contribution in [0.5, 0.6) is 0 Å². The number of primary amides is 1. The van der Waals surface area contributed by atoms with Gasteiger partial charge in [-0.1, -0.05) is 0 Å². The maximum Gasteiger partial charge on any atom is 0.284 e. The molecule has 0 radical (unpaired) electrons. The highest BCUT2D eigenvalue weighted by atomic mass is 16.6. The first kappa shape index (κ1) is 11.3. The Morgan fingerprint density at radius 3 is 2.56 bits per heavy atom. The average molecular weight is 219 g/mol. The molecule has 0 unspecified atom stereocenters. The lowest BCUT2D eigenvalue weighted by Crippen LogP contribution is -2.16. The lowest BCUT2D eigenvalue weighted by atomic mass is 10.0. The molecule has 0 aromatic heterocycles. The highest BCUT2D eigenvalue weighted by Gasteiger charge is 2.23. The second-order valence-corrected chi connectivity index (χ2v) is 2.81. The van der Waals surface area contributed by atoms with Gasteiger partial charge in [0.2, 0.25) is 0 Å². The summed E-state index contributed by atoms with van der Waals surface area (Å²) in [6.07, 6.45) is 0.244. The highest BCUT2D eigenvalue weighted by molar-refractivity contribution is 6.04. The number of nitrogens with zero attached hydrogens (tertiary/aromatic N) is 2. The Morgan fingerprint density at radius 2 is 2.19 bits per heavy atom. The summed E-state index contributed by atoms with van der Waals surface area (Å²) < 4.78 is 0. The van der Waals surface area contributed by atoms with E-state index in [1.807, 2.05) is 0 Å². The van der Waals surface area contributed by atoms with Gasteiger partial charge in [-0.15, -0.1) is 0 Å². The van der Waals surface area contributed by atoms with E-state index in [1.165, 1.54) is 0 Å². The van der Waals surface area contributed by atoms with Crippen LogP contribution in [0.4, 0.5) is 5.69 Å². The van der Waals surface area contributed by atoms with Gasteiger partial charge in [-0.05, 0) is 6.07 Å². The van der Waals surface area contributed by atoms with E-state index in [-0.39, 0.29) is 17.4 Å². The summed E-state index contributed by atoms with van der Waals surface area (Å²) in [7, 11) is 0. The summed E-state index contributed by atoms with van der Waals surface area (Å²) >= 11 is 0. The molecule has 0 saturated heterocycles. The Balaban J connectivity index is 3.68. The first-order chi connectivity index (χ1) is 7.51. The zero-order chi connectivity index (χ0) is 12.3. The molecule has 1 aromatic rings. The lowest BCUT2D eigenvalue weighted by molar-refractivity contribution is -0.385. The van der Waals surface area contributed by atoms with Gasteiger partial charge in [0.15, 0.2) is 6.29 Å². The van der Waals surface area contributed by atoms with Crippen molar-refractivity contribution in [3.05, 3.63) is 38.9 Å². The number of benzene rings is 1. The third kappa shape index (κ3) is 1.85. The van der Waals surface area contributed by atoms with Crippen molar-refractivity contribution in [1.29, 1.82) is 5.26 Å². The Kier molecular flexibility index (Phi) is 2.96. The second kappa shape index (κ2) is 4.18. The summed E-state index contributed by atoms with van der Waals surface area (Å²) in [5, 5.41) is 19.2. The quantitative estimate of drug-likeness (QED) is 0.446. The molecule has 0 fully saturated rings. The largest absolute Gasteiger partial charge is 0.365 e. The van der Waals surface area contributed by atoms with Gasteiger partial charge in [-0.25, -0.2) is 0 Å². The van der Waals surface area contributed by atoms with Crippen molar-refractivity contribution < 1.29 is 14.5 Å².